The van der Waals surface area contributed by atoms with Gasteiger partial charge >= 0.3 is 6.03 Å². The molecule has 0 bridgehead atoms. The molecule has 0 saturated heterocycles. The van der Waals surface area contributed by atoms with Gasteiger partial charge < -0.3 is 11.1 Å². The zero-order chi connectivity index (χ0) is 12.0. The van der Waals surface area contributed by atoms with Gasteiger partial charge in [-0.15, -0.1) is 0 Å². The Hall–Kier alpha value is -2.04. The minimum Gasteiger partial charge on any atom is -0.350 e. The van der Waals surface area contributed by atoms with Gasteiger partial charge in [0.25, 0.3) is 0 Å². The number of carbonyl (C=O) groups is 2. The van der Waals surface area contributed by atoms with Gasteiger partial charge in [-0.1, -0.05) is 13.0 Å². The summed E-state index contributed by atoms with van der Waals surface area (Å²) in [6.45, 7) is 1.93. The van der Waals surface area contributed by atoms with Gasteiger partial charge in [0, 0.05) is 12.1 Å². The molecule has 85 valence electrons. The van der Waals surface area contributed by atoms with E-state index in [1.54, 1.807) is 24.3 Å². The van der Waals surface area contributed by atoms with Crippen molar-refractivity contribution in [2.75, 3.05) is 5.32 Å². The van der Waals surface area contributed by atoms with Crippen molar-refractivity contribution in [1.82, 2.24) is 5.32 Å². The van der Waals surface area contributed by atoms with Gasteiger partial charge in [-0.05, 0) is 24.6 Å². The molecule has 1 radical (unpaired) electrons. The Morgan fingerprint density at radius 3 is 2.81 bits per heavy atom. The average Bonchev–Trinajstić information content (AvgIpc) is 2.17. The largest absolute Gasteiger partial charge is 0.350 e. The second kappa shape index (κ2) is 5.75. The summed E-state index contributed by atoms with van der Waals surface area (Å²) in [5.41, 5.74) is 5.97. The van der Waals surface area contributed by atoms with E-state index in [9.17, 15) is 9.59 Å². The number of nitrogens with one attached hydrogen (secondary N) is 1. The molecule has 0 aromatic heterocycles. The fraction of sp³-hybridized carbons (Fsp3) is 0.273. The standard InChI is InChI=1S/C11H14N3O2/c1-2-4-10(15)13-8-5-3-6-9(7-8)14-11(12)16/h3,5-7H,2,4H2,1H3,(H2,12,16)(H,13,15). The fourth-order valence-corrected chi connectivity index (χ4v) is 1.23. The summed E-state index contributed by atoms with van der Waals surface area (Å²) in [6, 6.07) is 5.91. The summed E-state index contributed by atoms with van der Waals surface area (Å²) in [5, 5.41) is 6.27. The van der Waals surface area contributed by atoms with E-state index >= 15 is 0 Å². The molecule has 0 aliphatic heterocycles. The Balaban J connectivity index is 2.67. The lowest BCUT2D eigenvalue weighted by Crippen LogP contribution is -2.18. The number of amides is 3. The fourth-order valence-electron chi connectivity index (χ4n) is 1.23. The Labute approximate surface area is 94.0 Å². The Morgan fingerprint density at radius 2 is 2.19 bits per heavy atom. The van der Waals surface area contributed by atoms with Crippen molar-refractivity contribution >= 4 is 23.3 Å². The van der Waals surface area contributed by atoms with Gasteiger partial charge in [0.1, 0.15) is 0 Å². The first kappa shape index (κ1) is 12.0. The number of primary amides is 1. The summed E-state index contributed by atoms with van der Waals surface area (Å²) < 4.78 is 0. The lowest BCUT2D eigenvalue weighted by molar-refractivity contribution is -0.116. The van der Waals surface area contributed by atoms with Gasteiger partial charge in [0.15, 0.2) is 0 Å². The molecule has 1 rings (SSSR count). The highest BCUT2D eigenvalue weighted by Gasteiger charge is 2.03. The van der Waals surface area contributed by atoms with Crippen molar-refractivity contribution in [1.29, 1.82) is 0 Å². The van der Waals surface area contributed by atoms with Crippen molar-refractivity contribution in [3.05, 3.63) is 24.3 Å². The zero-order valence-electron chi connectivity index (χ0n) is 9.06. The zero-order valence-corrected chi connectivity index (χ0v) is 9.06. The monoisotopic (exact) mass is 220 g/mol. The van der Waals surface area contributed by atoms with E-state index in [1.165, 1.54) is 0 Å². The minimum absolute atomic E-state index is 0.0567. The lowest BCUT2D eigenvalue weighted by Gasteiger charge is -2.05. The summed E-state index contributed by atoms with van der Waals surface area (Å²) in [4.78, 5) is 21.9. The molecule has 1 aromatic rings. The number of carbonyl (C=O) groups excluding carboxylic acids is 2. The van der Waals surface area contributed by atoms with Gasteiger partial charge in [0.05, 0.1) is 5.69 Å². The molecule has 0 aliphatic rings. The quantitative estimate of drug-likeness (QED) is 0.809. The van der Waals surface area contributed by atoms with Crippen LogP contribution in [0.5, 0.6) is 0 Å². The van der Waals surface area contributed by atoms with Crippen LogP contribution in [0.4, 0.5) is 16.2 Å². The number of anilines is 1. The molecule has 3 N–H and O–H groups in total. The average molecular weight is 220 g/mol. The molecule has 0 heterocycles. The highest BCUT2D eigenvalue weighted by Crippen LogP contribution is 2.15. The molecule has 1 aromatic carbocycles. The summed E-state index contributed by atoms with van der Waals surface area (Å²) in [6.07, 6.45) is 1.26. The topological polar surface area (TPSA) is 86.3 Å². The van der Waals surface area contributed by atoms with E-state index in [4.69, 9.17) is 5.73 Å². The molecule has 0 saturated carbocycles. The van der Waals surface area contributed by atoms with E-state index in [-0.39, 0.29) is 5.91 Å². The first-order valence-electron chi connectivity index (χ1n) is 5.03. The molecule has 0 fully saturated rings. The highest BCUT2D eigenvalue weighted by atomic mass is 16.2. The molecular weight excluding hydrogens is 206 g/mol. The van der Waals surface area contributed by atoms with Crippen molar-refractivity contribution in [2.45, 2.75) is 19.8 Å². The van der Waals surface area contributed by atoms with Gasteiger partial charge in [-0.25, -0.2) is 4.79 Å². The predicted molar refractivity (Wildman–Crippen MR) is 61.4 cm³/mol. The molecule has 5 heteroatoms. The van der Waals surface area contributed by atoms with Crippen LogP contribution in [0.25, 0.3) is 0 Å². The number of hydrogen-bond donors (Lipinski definition) is 2. The molecule has 16 heavy (non-hydrogen) atoms. The maximum atomic E-state index is 11.3. The van der Waals surface area contributed by atoms with Crippen LogP contribution in [0.3, 0.4) is 0 Å². The van der Waals surface area contributed by atoms with E-state index in [1.807, 2.05) is 6.92 Å². The second-order valence-electron chi connectivity index (χ2n) is 3.30. The van der Waals surface area contributed by atoms with Crippen LogP contribution in [-0.2, 0) is 4.79 Å². The molecule has 3 amide bonds. The molecular formula is C11H14N3O2. The van der Waals surface area contributed by atoms with E-state index in [0.29, 0.717) is 17.8 Å². The maximum absolute atomic E-state index is 11.3. The second-order valence-corrected chi connectivity index (χ2v) is 3.30. The van der Waals surface area contributed by atoms with Crippen molar-refractivity contribution in [2.24, 2.45) is 5.73 Å². The third-order valence-corrected chi connectivity index (χ3v) is 1.85. The number of benzene rings is 1. The SMILES string of the molecule is CCCC(=O)Nc1cccc([N]C(N)=O)c1. The number of hydrogen-bond acceptors (Lipinski definition) is 2. The van der Waals surface area contributed by atoms with Crippen LogP contribution in [0.15, 0.2) is 24.3 Å². The molecule has 0 spiro atoms. The first-order chi connectivity index (χ1) is 7.61. The van der Waals surface area contributed by atoms with Crippen molar-refractivity contribution < 1.29 is 9.59 Å². The smallest absolute Gasteiger partial charge is 0.338 e. The normalized spacial score (nSPS) is 9.56. The van der Waals surface area contributed by atoms with Crippen LogP contribution in [-0.4, -0.2) is 11.9 Å². The van der Waals surface area contributed by atoms with Crippen LogP contribution < -0.4 is 16.4 Å². The Bertz CT molecular complexity index is 391. The Morgan fingerprint density at radius 1 is 1.44 bits per heavy atom. The Kier molecular flexibility index (Phi) is 4.32. The summed E-state index contributed by atoms with van der Waals surface area (Å²) in [5.74, 6) is -0.0567. The van der Waals surface area contributed by atoms with E-state index < -0.39 is 6.03 Å². The van der Waals surface area contributed by atoms with E-state index in [0.717, 1.165) is 6.42 Å². The predicted octanol–water partition coefficient (Wildman–Crippen LogP) is 1.74. The van der Waals surface area contributed by atoms with Crippen molar-refractivity contribution in [3.63, 3.8) is 0 Å². The number of urea groups is 1. The number of rotatable bonds is 4. The third-order valence-electron chi connectivity index (χ3n) is 1.85. The lowest BCUT2D eigenvalue weighted by atomic mass is 10.2. The van der Waals surface area contributed by atoms with Gasteiger partial charge in [0.2, 0.25) is 5.91 Å². The van der Waals surface area contributed by atoms with Crippen LogP contribution in [0.2, 0.25) is 0 Å². The maximum Gasteiger partial charge on any atom is 0.338 e. The third kappa shape index (κ3) is 4.00. The highest BCUT2D eigenvalue weighted by molar-refractivity contribution is 5.91. The molecule has 0 atom stereocenters. The molecule has 0 aliphatic carbocycles. The number of nitrogens with two attached hydrogens (primary N) is 1. The first-order valence-corrected chi connectivity index (χ1v) is 5.03. The molecule has 0 unspecified atom stereocenters. The van der Waals surface area contributed by atoms with Gasteiger partial charge in [-0.2, -0.15) is 5.32 Å². The van der Waals surface area contributed by atoms with Crippen LogP contribution in [0, 0.1) is 0 Å². The van der Waals surface area contributed by atoms with Gasteiger partial charge in [-0.3, -0.25) is 4.79 Å². The van der Waals surface area contributed by atoms with E-state index in [2.05, 4.69) is 10.6 Å². The minimum atomic E-state index is -0.753. The summed E-state index contributed by atoms with van der Waals surface area (Å²) >= 11 is 0. The van der Waals surface area contributed by atoms with Crippen molar-refractivity contribution in [3.8, 4) is 0 Å². The summed E-state index contributed by atoms with van der Waals surface area (Å²) in [7, 11) is 0. The number of nitrogens with zero attached hydrogens (tertiary/aromatic N) is 1. The van der Waals surface area contributed by atoms with Crippen LogP contribution >= 0.6 is 0 Å². The molecule has 5 nitrogen and oxygen atoms in total. The van der Waals surface area contributed by atoms with Crippen LogP contribution in [0.1, 0.15) is 19.8 Å².